The number of nitrogens with zero attached hydrogens (tertiary/aromatic N) is 3. The van der Waals surface area contributed by atoms with Gasteiger partial charge in [0.2, 0.25) is 5.91 Å². The van der Waals surface area contributed by atoms with E-state index in [2.05, 4.69) is 50.9 Å². The van der Waals surface area contributed by atoms with Crippen LogP contribution < -0.4 is 10.6 Å². The van der Waals surface area contributed by atoms with Crippen LogP contribution in [0.1, 0.15) is 51.0 Å². The van der Waals surface area contributed by atoms with Crippen LogP contribution in [0.4, 0.5) is 0 Å². The third-order valence-corrected chi connectivity index (χ3v) is 6.68. The van der Waals surface area contributed by atoms with Crippen LogP contribution in [0.2, 0.25) is 0 Å². The molecule has 2 N–H and O–H groups in total. The van der Waals surface area contributed by atoms with Crippen LogP contribution in [0.15, 0.2) is 35.3 Å². The van der Waals surface area contributed by atoms with Crippen molar-refractivity contribution in [3.05, 3.63) is 35.9 Å². The largest absolute Gasteiger partial charge is 0.356 e. The Morgan fingerprint density at radius 3 is 2.58 bits per heavy atom. The van der Waals surface area contributed by atoms with Gasteiger partial charge in [-0.1, -0.05) is 37.3 Å². The number of unbranched alkanes of at least 4 members (excludes halogenated alkanes) is 1. The summed E-state index contributed by atoms with van der Waals surface area (Å²) in [6.45, 7) is 8.18. The number of likely N-dealkylation sites (tertiary alicyclic amines) is 2. The van der Waals surface area contributed by atoms with E-state index in [9.17, 15) is 4.79 Å². The molecule has 1 unspecified atom stereocenters. The van der Waals surface area contributed by atoms with Gasteiger partial charge in [0, 0.05) is 39.1 Å². The van der Waals surface area contributed by atoms with Crippen molar-refractivity contribution in [3.63, 3.8) is 0 Å². The lowest BCUT2D eigenvalue weighted by atomic mass is 9.90. The molecule has 2 fully saturated rings. The highest BCUT2D eigenvalue weighted by atomic mass is 16.2. The summed E-state index contributed by atoms with van der Waals surface area (Å²) < 4.78 is 0. The zero-order chi connectivity index (χ0) is 21.9. The summed E-state index contributed by atoms with van der Waals surface area (Å²) in [5.74, 6) is 1.95. The van der Waals surface area contributed by atoms with Crippen molar-refractivity contribution in [2.24, 2.45) is 10.9 Å². The SMILES string of the molecule is CCC(=O)N1CCC(NC(=NC)NCCCCN2CCC(Cc3ccccc3)CC2)C1. The molecule has 2 aliphatic heterocycles. The Labute approximate surface area is 188 Å². The summed E-state index contributed by atoms with van der Waals surface area (Å²) >= 11 is 0. The first-order chi connectivity index (χ1) is 15.2. The van der Waals surface area contributed by atoms with Crippen molar-refractivity contribution in [3.8, 4) is 0 Å². The standard InChI is InChI=1S/C25H41N5O/c1-3-24(31)30-18-13-23(20-30)28-25(26-2)27-14-7-8-15-29-16-11-22(12-17-29)19-21-9-5-4-6-10-21/h4-6,9-10,22-23H,3,7-8,11-20H2,1-2H3,(H2,26,27,28). The summed E-state index contributed by atoms with van der Waals surface area (Å²) in [5, 5.41) is 6.92. The maximum absolute atomic E-state index is 11.8. The van der Waals surface area contributed by atoms with Crippen LogP contribution in [-0.2, 0) is 11.2 Å². The van der Waals surface area contributed by atoms with Gasteiger partial charge < -0.3 is 20.4 Å². The molecule has 1 aromatic rings. The molecule has 6 nitrogen and oxygen atoms in total. The Morgan fingerprint density at radius 2 is 1.87 bits per heavy atom. The van der Waals surface area contributed by atoms with Crippen molar-refractivity contribution in [1.82, 2.24) is 20.4 Å². The number of piperidine rings is 1. The molecule has 0 bridgehead atoms. The van der Waals surface area contributed by atoms with E-state index in [0.717, 1.165) is 44.4 Å². The maximum Gasteiger partial charge on any atom is 0.222 e. The second-order valence-corrected chi connectivity index (χ2v) is 9.00. The van der Waals surface area contributed by atoms with Crippen LogP contribution in [0.5, 0.6) is 0 Å². The normalized spacial score (nSPS) is 20.8. The number of carbonyl (C=O) groups is 1. The van der Waals surface area contributed by atoms with Crippen molar-refractivity contribution < 1.29 is 4.79 Å². The van der Waals surface area contributed by atoms with E-state index < -0.39 is 0 Å². The molecule has 2 saturated heterocycles. The molecule has 0 saturated carbocycles. The Morgan fingerprint density at radius 1 is 1.10 bits per heavy atom. The smallest absolute Gasteiger partial charge is 0.222 e. The molecule has 1 aromatic carbocycles. The predicted molar refractivity (Wildman–Crippen MR) is 128 cm³/mol. The monoisotopic (exact) mass is 427 g/mol. The molecule has 0 aliphatic carbocycles. The van der Waals surface area contributed by atoms with Crippen molar-refractivity contribution in [2.75, 3.05) is 46.3 Å². The molecule has 0 radical (unpaired) electrons. The van der Waals surface area contributed by atoms with Gasteiger partial charge in [-0.15, -0.1) is 0 Å². The van der Waals surface area contributed by atoms with Crippen LogP contribution in [0, 0.1) is 5.92 Å². The summed E-state index contributed by atoms with van der Waals surface area (Å²) in [6, 6.07) is 11.2. The first kappa shape index (κ1) is 23.6. The van der Waals surface area contributed by atoms with Gasteiger partial charge in [0.1, 0.15) is 0 Å². The minimum Gasteiger partial charge on any atom is -0.356 e. The number of nitrogens with one attached hydrogen (secondary N) is 2. The highest BCUT2D eigenvalue weighted by molar-refractivity contribution is 5.80. The van der Waals surface area contributed by atoms with Crippen LogP contribution in [0.25, 0.3) is 0 Å². The lowest BCUT2D eigenvalue weighted by molar-refractivity contribution is -0.129. The Kier molecular flexibility index (Phi) is 9.66. The quantitative estimate of drug-likeness (QED) is 0.361. The molecule has 2 aliphatic rings. The van der Waals surface area contributed by atoms with Gasteiger partial charge in [-0.25, -0.2) is 0 Å². The van der Waals surface area contributed by atoms with E-state index in [1.54, 1.807) is 0 Å². The van der Waals surface area contributed by atoms with Gasteiger partial charge >= 0.3 is 0 Å². The van der Waals surface area contributed by atoms with Crippen molar-refractivity contribution in [2.45, 2.75) is 57.9 Å². The third-order valence-electron chi connectivity index (χ3n) is 6.68. The van der Waals surface area contributed by atoms with E-state index in [1.165, 1.54) is 50.9 Å². The number of rotatable bonds is 9. The average Bonchev–Trinajstić information content (AvgIpc) is 3.28. The molecule has 0 aromatic heterocycles. The molecular formula is C25H41N5O. The Hall–Kier alpha value is -2.08. The zero-order valence-electron chi connectivity index (χ0n) is 19.5. The van der Waals surface area contributed by atoms with E-state index in [0.29, 0.717) is 12.5 Å². The van der Waals surface area contributed by atoms with Crippen LogP contribution >= 0.6 is 0 Å². The molecular weight excluding hydrogens is 386 g/mol. The fraction of sp³-hybridized carbons (Fsp3) is 0.680. The number of hydrogen-bond donors (Lipinski definition) is 2. The average molecular weight is 428 g/mol. The molecule has 1 atom stereocenters. The number of guanidine groups is 1. The van der Waals surface area contributed by atoms with Gasteiger partial charge in [0.15, 0.2) is 5.96 Å². The van der Waals surface area contributed by atoms with Crippen molar-refractivity contribution >= 4 is 11.9 Å². The maximum atomic E-state index is 11.8. The Balaban J connectivity index is 1.24. The topological polar surface area (TPSA) is 60.0 Å². The molecule has 0 spiro atoms. The summed E-state index contributed by atoms with van der Waals surface area (Å²) in [6.07, 6.45) is 7.82. The molecule has 1 amide bonds. The van der Waals surface area contributed by atoms with E-state index in [1.807, 2.05) is 18.9 Å². The fourth-order valence-electron chi connectivity index (χ4n) is 4.74. The Bertz CT molecular complexity index is 684. The highest BCUT2D eigenvalue weighted by Crippen LogP contribution is 2.21. The molecule has 6 heteroatoms. The van der Waals surface area contributed by atoms with E-state index in [4.69, 9.17) is 0 Å². The predicted octanol–water partition coefficient (Wildman–Crippen LogP) is 2.90. The first-order valence-corrected chi connectivity index (χ1v) is 12.2. The number of carbonyl (C=O) groups excluding carboxylic acids is 1. The van der Waals surface area contributed by atoms with E-state index >= 15 is 0 Å². The van der Waals surface area contributed by atoms with Gasteiger partial charge in [-0.2, -0.15) is 0 Å². The zero-order valence-corrected chi connectivity index (χ0v) is 19.5. The minimum atomic E-state index is 0.247. The van der Waals surface area contributed by atoms with E-state index in [-0.39, 0.29) is 5.91 Å². The summed E-state index contributed by atoms with van der Waals surface area (Å²) in [7, 11) is 1.82. The lowest BCUT2D eigenvalue weighted by Crippen LogP contribution is -2.45. The van der Waals surface area contributed by atoms with Gasteiger partial charge in [0.25, 0.3) is 0 Å². The second kappa shape index (κ2) is 12.7. The second-order valence-electron chi connectivity index (χ2n) is 9.00. The minimum absolute atomic E-state index is 0.247. The number of hydrogen-bond acceptors (Lipinski definition) is 3. The van der Waals surface area contributed by atoms with Crippen molar-refractivity contribution in [1.29, 1.82) is 0 Å². The molecule has 2 heterocycles. The number of amides is 1. The summed E-state index contributed by atoms with van der Waals surface area (Å²) in [5.41, 5.74) is 1.48. The van der Waals surface area contributed by atoms with Gasteiger partial charge in [-0.05, 0) is 69.6 Å². The van der Waals surface area contributed by atoms with Crippen LogP contribution in [-0.4, -0.2) is 74.0 Å². The van der Waals surface area contributed by atoms with Gasteiger partial charge in [0.05, 0.1) is 0 Å². The van der Waals surface area contributed by atoms with Crippen LogP contribution in [0.3, 0.4) is 0 Å². The molecule has 3 rings (SSSR count). The highest BCUT2D eigenvalue weighted by Gasteiger charge is 2.25. The first-order valence-electron chi connectivity index (χ1n) is 12.2. The number of aliphatic imine (C=N–C) groups is 1. The third kappa shape index (κ3) is 7.84. The fourth-order valence-corrected chi connectivity index (χ4v) is 4.74. The lowest BCUT2D eigenvalue weighted by Gasteiger charge is -2.32. The molecule has 172 valence electrons. The van der Waals surface area contributed by atoms with Gasteiger partial charge in [-0.3, -0.25) is 9.79 Å². The summed E-state index contributed by atoms with van der Waals surface area (Å²) in [4.78, 5) is 20.8. The molecule has 31 heavy (non-hydrogen) atoms. The number of benzene rings is 1.